The third-order valence-corrected chi connectivity index (χ3v) is 5.40. The lowest BCUT2D eigenvalue weighted by molar-refractivity contribution is 0.0982. The standard InChI is InChI=1S/C21H16F3N5O3S/c22-16-8-7-14(10-15(16)19(23)24)26-20(27-31)18-21(29-32-28-18)33-9-1-2-17(30)13-5-3-12(11-25)4-6-13/h3-8,10,19,31H,1-2,9H2,(H,26,27). The number of nitrogens with one attached hydrogen (secondary N) is 1. The first-order valence-electron chi connectivity index (χ1n) is 9.48. The van der Waals surface area contributed by atoms with Crippen molar-refractivity contribution in [2.24, 2.45) is 4.99 Å². The number of carbonyl (C=O) groups is 1. The van der Waals surface area contributed by atoms with Gasteiger partial charge in [0.05, 0.1) is 22.9 Å². The maximum absolute atomic E-state index is 13.5. The molecule has 170 valence electrons. The highest BCUT2D eigenvalue weighted by Gasteiger charge is 2.19. The molecule has 8 nitrogen and oxygen atoms in total. The Morgan fingerprint density at radius 2 is 2.00 bits per heavy atom. The van der Waals surface area contributed by atoms with Crippen LogP contribution < -0.4 is 5.48 Å². The van der Waals surface area contributed by atoms with E-state index < -0.39 is 17.8 Å². The van der Waals surface area contributed by atoms with E-state index in [0.29, 0.717) is 23.3 Å². The van der Waals surface area contributed by atoms with Crippen LogP contribution in [0.5, 0.6) is 0 Å². The van der Waals surface area contributed by atoms with Crippen molar-refractivity contribution in [2.75, 3.05) is 5.75 Å². The number of hydrogen-bond acceptors (Lipinski definition) is 8. The van der Waals surface area contributed by atoms with Crippen LogP contribution in [0.25, 0.3) is 0 Å². The van der Waals surface area contributed by atoms with Gasteiger partial charge in [-0.2, -0.15) is 5.26 Å². The third kappa shape index (κ3) is 6.18. The Labute approximate surface area is 190 Å². The molecule has 1 heterocycles. The number of nitriles is 1. The molecule has 0 bridgehead atoms. The summed E-state index contributed by atoms with van der Waals surface area (Å²) in [6, 6.07) is 11.2. The van der Waals surface area contributed by atoms with Gasteiger partial charge in [0.2, 0.25) is 0 Å². The van der Waals surface area contributed by atoms with Crippen LogP contribution in [-0.2, 0) is 0 Å². The van der Waals surface area contributed by atoms with Gasteiger partial charge in [-0.1, -0.05) is 12.1 Å². The Bertz CT molecular complexity index is 1190. The lowest BCUT2D eigenvalue weighted by Gasteiger charge is -2.06. The van der Waals surface area contributed by atoms with Crippen molar-refractivity contribution in [3.05, 3.63) is 70.7 Å². The number of halogens is 3. The molecule has 2 aromatic carbocycles. The number of ketones is 1. The summed E-state index contributed by atoms with van der Waals surface area (Å²) in [6.07, 6.45) is -2.28. The van der Waals surface area contributed by atoms with Gasteiger partial charge in [-0.15, -0.1) is 11.8 Å². The minimum atomic E-state index is -3.03. The van der Waals surface area contributed by atoms with E-state index in [2.05, 4.69) is 15.3 Å². The monoisotopic (exact) mass is 475 g/mol. The Morgan fingerprint density at radius 3 is 2.67 bits per heavy atom. The maximum atomic E-state index is 13.5. The molecule has 0 saturated carbocycles. The molecular weight excluding hydrogens is 459 g/mol. The van der Waals surface area contributed by atoms with Crippen molar-refractivity contribution in [2.45, 2.75) is 24.3 Å². The van der Waals surface area contributed by atoms with Gasteiger partial charge >= 0.3 is 0 Å². The van der Waals surface area contributed by atoms with E-state index in [1.165, 1.54) is 11.8 Å². The second-order valence-corrected chi connectivity index (χ2v) is 7.64. The van der Waals surface area contributed by atoms with Crippen LogP contribution in [0.4, 0.5) is 18.9 Å². The van der Waals surface area contributed by atoms with E-state index in [1.54, 1.807) is 24.3 Å². The molecule has 0 radical (unpaired) electrons. The number of carbonyl (C=O) groups excluding carboxylic acids is 1. The van der Waals surface area contributed by atoms with Gasteiger partial charge in [0, 0.05) is 17.7 Å². The number of hydroxylamine groups is 1. The Balaban J connectivity index is 1.63. The molecule has 0 saturated heterocycles. The summed E-state index contributed by atoms with van der Waals surface area (Å²) in [5.41, 5.74) is 1.93. The molecule has 3 rings (SSSR count). The molecule has 0 aliphatic heterocycles. The summed E-state index contributed by atoms with van der Waals surface area (Å²) in [6.45, 7) is 0. The van der Waals surface area contributed by atoms with E-state index in [0.717, 1.165) is 18.2 Å². The number of rotatable bonds is 9. The highest BCUT2D eigenvalue weighted by atomic mass is 32.2. The van der Waals surface area contributed by atoms with Crippen molar-refractivity contribution in [1.29, 1.82) is 5.26 Å². The number of benzene rings is 2. The minimum Gasteiger partial charge on any atom is -0.294 e. The zero-order valence-corrected chi connectivity index (χ0v) is 17.7. The van der Waals surface area contributed by atoms with E-state index in [4.69, 9.17) is 9.89 Å². The fraction of sp³-hybridized carbons (Fsp3) is 0.190. The average molecular weight is 475 g/mol. The van der Waals surface area contributed by atoms with Crippen LogP contribution >= 0.6 is 11.8 Å². The number of alkyl halides is 2. The SMILES string of the molecule is N#Cc1ccc(C(=O)CCCSc2nonc2C(=Nc2ccc(F)c(C(F)F)c2)NO)cc1. The molecule has 12 heteroatoms. The summed E-state index contributed by atoms with van der Waals surface area (Å²) >= 11 is 1.19. The van der Waals surface area contributed by atoms with Gasteiger partial charge in [-0.05, 0) is 47.1 Å². The van der Waals surface area contributed by atoms with Crippen molar-refractivity contribution in [3.63, 3.8) is 0 Å². The zero-order valence-electron chi connectivity index (χ0n) is 16.8. The lowest BCUT2D eigenvalue weighted by atomic mass is 10.1. The number of amidine groups is 1. The quantitative estimate of drug-likeness (QED) is 0.113. The number of hydrogen-bond donors (Lipinski definition) is 2. The van der Waals surface area contributed by atoms with E-state index in [-0.39, 0.29) is 34.4 Å². The van der Waals surface area contributed by atoms with E-state index >= 15 is 0 Å². The van der Waals surface area contributed by atoms with Crippen LogP contribution in [0, 0.1) is 17.1 Å². The molecule has 0 atom stereocenters. The molecule has 0 unspecified atom stereocenters. The van der Waals surface area contributed by atoms with Gasteiger partial charge in [0.25, 0.3) is 6.43 Å². The highest BCUT2D eigenvalue weighted by molar-refractivity contribution is 7.99. The van der Waals surface area contributed by atoms with Crippen LogP contribution in [0.2, 0.25) is 0 Å². The molecule has 0 spiro atoms. The van der Waals surface area contributed by atoms with Crippen LogP contribution in [0.3, 0.4) is 0 Å². The summed E-state index contributed by atoms with van der Waals surface area (Å²) < 4.78 is 44.0. The average Bonchev–Trinajstić information content (AvgIpc) is 3.29. The fourth-order valence-corrected chi connectivity index (χ4v) is 3.56. The first-order valence-corrected chi connectivity index (χ1v) is 10.5. The molecule has 2 N–H and O–H groups in total. The van der Waals surface area contributed by atoms with Crippen molar-refractivity contribution >= 4 is 29.1 Å². The van der Waals surface area contributed by atoms with Crippen LogP contribution in [0.1, 0.15) is 46.4 Å². The molecule has 0 fully saturated rings. The minimum absolute atomic E-state index is 0.0174. The maximum Gasteiger partial charge on any atom is 0.266 e. The number of aliphatic imine (C=N–C) groups is 1. The molecule has 33 heavy (non-hydrogen) atoms. The van der Waals surface area contributed by atoms with Crippen molar-refractivity contribution in [3.8, 4) is 6.07 Å². The summed E-state index contributed by atoms with van der Waals surface area (Å²) in [7, 11) is 0. The normalized spacial score (nSPS) is 11.5. The van der Waals surface area contributed by atoms with Crippen LogP contribution in [0.15, 0.2) is 57.1 Å². The lowest BCUT2D eigenvalue weighted by Crippen LogP contribution is -2.21. The molecule has 0 amide bonds. The van der Waals surface area contributed by atoms with Crippen molar-refractivity contribution < 1.29 is 27.8 Å². The number of thioether (sulfide) groups is 1. The number of nitrogens with zero attached hydrogens (tertiary/aromatic N) is 4. The second kappa shape index (κ2) is 11.3. The van der Waals surface area contributed by atoms with Gasteiger partial charge < -0.3 is 0 Å². The van der Waals surface area contributed by atoms with Crippen LogP contribution in [-0.4, -0.2) is 32.9 Å². The Morgan fingerprint density at radius 1 is 1.24 bits per heavy atom. The molecule has 0 aliphatic carbocycles. The fourth-order valence-electron chi connectivity index (χ4n) is 2.72. The molecular formula is C21H16F3N5O3S. The second-order valence-electron chi connectivity index (χ2n) is 6.56. The highest BCUT2D eigenvalue weighted by Crippen LogP contribution is 2.27. The largest absolute Gasteiger partial charge is 0.294 e. The zero-order chi connectivity index (χ0) is 23.8. The predicted octanol–water partition coefficient (Wildman–Crippen LogP) is 4.83. The summed E-state index contributed by atoms with van der Waals surface area (Å²) in [5, 5.41) is 25.9. The van der Waals surface area contributed by atoms with Gasteiger partial charge in [-0.25, -0.2) is 22.8 Å². The smallest absolute Gasteiger partial charge is 0.266 e. The third-order valence-electron chi connectivity index (χ3n) is 4.37. The van der Waals surface area contributed by atoms with Crippen molar-refractivity contribution in [1.82, 2.24) is 15.8 Å². The summed E-state index contributed by atoms with van der Waals surface area (Å²) in [4.78, 5) is 16.2. The molecule has 1 aromatic heterocycles. The first-order chi connectivity index (χ1) is 15.9. The summed E-state index contributed by atoms with van der Waals surface area (Å²) in [5.74, 6) is -0.936. The number of Topliss-reactive ketones (excluding diaryl/α,β-unsaturated/α-hetero) is 1. The Kier molecular flexibility index (Phi) is 8.17. The van der Waals surface area contributed by atoms with E-state index in [9.17, 15) is 23.2 Å². The van der Waals surface area contributed by atoms with Gasteiger partial charge in [0.1, 0.15) is 5.82 Å². The van der Waals surface area contributed by atoms with E-state index in [1.807, 2.05) is 11.5 Å². The topological polar surface area (TPSA) is 124 Å². The molecule has 3 aromatic rings. The van der Waals surface area contributed by atoms with Gasteiger partial charge in [-0.3, -0.25) is 15.5 Å². The molecule has 0 aliphatic rings. The predicted molar refractivity (Wildman–Crippen MR) is 112 cm³/mol. The number of aromatic nitrogens is 2. The first kappa shape index (κ1) is 24.0. The van der Waals surface area contributed by atoms with Gasteiger partial charge in [0.15, 0.2) is 22.3 Å². The Hall–Kier alpha value is -3.69.